The van der Waals surface area contributed by atoms with Crippen LogP contribution in [0.2, 0.25) is 0 Å². The molecule has 0 nitrogen and oxygen atoms in total. The Balaban J connectivity index is 2.73. The Labute approximate surface area is 77.6 Å². The van der Waals surface area contributed by atoms with E-state index in [2.05, 4.69) is 18.7 Å². The van der Waals surface area contributed by atoms with Crippen molar-refractivity contribution >= 4 is 11.8 Å². The molecule has 0 aliphatic carbocycles. The molecular weight excluding hydrogens is 152 g/mol. The molecule has 0 rings (SSSR count). The van der Waals surface area contributed by atoms with Crippen molar-refractivity contribution in [1.29, 1.82) is 0 Å². The van der Waals surface area contributed by atoms with Gasteiger partial charge in [0.25, 0.3) is 0 Å². The molecule has 0 aliphatic heterocycles. The minimum Gasteiger partial charge on any atom is -0.162 e. The first-order valence-corrected chi connectivity index (χ1v) is 5.94. The van der Waals surface area contributed by atoms with Crippen molar-refractivity contribution in [1.82, 2.24) is 0 Å². The molecule has 0 saturated carbocycles. The highest BCUT2D eigenvalue weighted by atomic mass is 32.2. The maximum Gasteiger partial charge on any atom is 0.0230 e. The smallest absolute Gasteiger partial charge is 0.0230 e. The van der Waals surface area contributed by atoms with E-state index in [1.165, 1.54) is 43.6 Å². The second-order valence-electron chi connectivity index (χ2n) is 2.88. The molecule has 0 bridgehead atoms. The largest absolute Gasteiger partial charge is 0.162 e. The van der Waals surface area contributed by atoms with E-state index >= 15 is 0 Å². The fourth-order valence-corrected chi connectivity index (χ4v) is 1.96. The van der Waals surface area contributed by atoms with Crippen LogP contribution in [0.1, 0.15) is 53.7 Å². The summed E-state index contributed by atoms with van der Waals surface area (Å²) in [4.78, 5) is 0. The predicted octanol–water partition coefficient (Wildman–Crippen LogP) is 4.10. The van der Waals surface area contributed by atoms with Crippen molar-refractivity contribution < 1.29 is 1.37 Å². The lowest BCUT2D eigenvalue weighted by atomic mass is 10.2. The van der Waals surface area contributed by atoms with Gasteiger partial charge in [-0.3, -0.25) is 0 Å². The lowest BCUT2D eigenvalue weighted by molar-refractivity contribution is 0.706. The molecule has 1 heteroatoms. The fraction of sp³-hybridized carbons (Fsp3) is 1.00. The summed E-state index contributed by atoms with van der Waals surface area (Å²) in [5.74, 6) is 2.60. The third-order valence-corrected chi connectivity index (χ3v) is 2.84. The van der Waals surface area contributed by atoms with E-state index in [0.29, 0.717) is 6.90 Å². The van der Waals surface area contributed by atoms with Gasteiger partial charge in [-0.25, -0.2) is 0 Å². The zero-order chi connectivity index (χ0) is 9.07. The second-order valence-corrected chi connectivity index (χ2v) is 4.10. The molecule has 0 aromatic heterocycles. The van der Waals surface area contributed by atoms with Gasteiger partial charge in [-0.1, -0.05) is 39.5 Å². The highest BCUT2D eigenvalue weighted by Crippen LogP contribution is 2.09. The lowest BCUT2D eigenvalue weighted by Crippen LogP contribution is -1.83. The van der Waals surface area contributed by atoms with Crippen molar-refractivity contribution in [3.05, 3.63) is 0 Å². The minimum absolute atomic E-state index is 0.608. The van der Waals surface area contributed by atoms with Crippen LogP contribution in [-0.4, -0.2) is 11.5 Å². The summed E-state index contributed by atoms with van der Waals surface area (Å²) in [6.45, 7) is 2.86. The first kappa shape index (κ1) is 9.44. The molecule has 0 unspecified atom stereocenters. The molecule has 0 amide bonds. The van der Waals surface area contributed by atoms with Crippen molar-refractivity contribution in [3.63, 3.8) is 0 Å². The molecule has 68 valence electrons. The number of thioether (sulfide) groups is 1. The maximum absolute atomic E-state index is 6.96. The fourth-order valence-electron chi connectivity index (χ4n) is 0.937. The van der Waals surface area contributed by atoms with Crippen LogP contribution in [0.4, 0.5) is 0 Å². The summed E-state index contributed by atoms with van der Waals surface area (Å²) in [5.41, 5.74) is 0. The molecule has 0 saturated heterocycles. The van der Waals surface area contributed by atoms with Crippen LogP contribution in [0.3, 0.4) is 0 Å². The summed E-state index contributed by atoms with van der Waals surface area (Å²) < 4.78 is 6.96. The van der Waals surface area contributed by atoms with E-state index in [4.69, 9.17) is 1.37 Å². The first-order valence-electron chi connectivity index (χ1n) is 5.49. The average molecular weight is 176 g/mol. The first-order chi connectivity index (χ1) is 5.91. The van der Waals surface area contributed by atoms with Crippen molar-refractivity contribution in [3.8, 4) is 0 Å². The average Bonchev–Trinajstić information content (AvgIpc) is 2.10. The van der Waals surface area contributed by atoms with Gasteiger partial charge in [0.2, 0.25) is 0 Å². The van der Waals surface area contributed by atoms with E-state index in [1.54, 1.807) is 0 Å². The molecule has 0 atom stereocenters. The van der Waals surface area contributed by atoms with Crippen LogP contribution in [0.25, 0.3) is 0 Å². The van der Waals surface area contributed by atoms with Gasteiger partial charge < -0.3 is 0 Å². The Kier molecular flexibility index (Phi) is 8.88. The Morgan fingerprint density at radius 1 is 1.00 bits per heavy atom. The van der Waals surface area contributed by atoms with Crippen LogP contribution < -0.4 is 0 Å². The summed E-state index contributed by atoms with van der Waals surface area (Å²) in [6, 6.07) is 0. The number of hydrogen-bond donors (Lipinski definition) is 0. The monoisotopic (exact) mass is 176 g/mol. The van der Waals surface area contributed by atoms with Crippen LogP contribution in [0.5, 0.6) is 0 Å². The second kappa shape index (κ2) is 10.3. The normalized spacial score (nSPS) is 11.5. The van der Waals surface area contributed by atoms with Crippen molar-refractivity contribution in [2.75, 3.05) is 11.5 Å². The zero-order valence-electron chi connectivity index (χ0n) is 8.77. The van der Waals surface area contributed by atoms with E-state index < -0.39 is 0 Å². The molecule has 0 radical (unpaired) electrons. The zero-order valence-corrected chi connectivity index (χ0v) is 8.59. The molecule has 0 aliphatic rings. The highest BCUT2D eigenvalue weighted by molar-refractivity contribution is 7.99. The molecular formula is C10H22S. The van der Waals surface area contributed by atoms with Gasteiger partial charge in [-0.15, -0.1) is 0 Å². The Morgan fingerprint density at radius 3 is 2.55 bits per heavy atom. The van der Waals surface area contributed by atoms with Crippen LogP contribution in [0, 0.1) is 0 Å². The van der Waals surface area contributed by atoms with Gasteiger partial charge in [0.05, 0.1) is 0 Å². The van der Waals surface area contributed by atoms with E-state index in [0.717, 1.165) is 6.42 Å². The number of unbranched alkanes of at least 4 members (excludes halogenated alkanes) is 4. The number of rotatable bonds is 8. The minimum atomic E-state index is 0.608. The van der Waals surface area contributed by atoms with Gasteiger partial charge in [0.15, 0.2) is 0 Å². The van der Waals surface area contributed by atoms with Gasteiger partial charge >= 0.3 is 0 Å². The van der Waals surface area contributed by atoms with Gasteiger partial charge in [0.1, 0.15) is 0 Å². The number of hydrogen-bond acceptors (Lipinski definition) is 1. The Morgan fingerprint density at radius 2 is 1.82 bits per heavy atom. The lowest BCUT2D eigenvalue weighted by Gasteiger charge is -1.99. The summed E-state index contributed by atoms with van der Waals surface area (Å²) >= 11 is 2.06. The van der Waals surface area contributed by atoms with Gasteiger partial charge in [-0.05, 0) is 24.3 Å². The Hall–Kier alpha value is 0.350. The van der Waals surface area contributed by atoms with Gasteiger partial charge in [-0.2, -0.15) is 11.8 Å². The quantitative estimate of drug-likeness (QED) is 0.502. The van der Waals surface area contributed by atoms with Crippen LogP contribution >= 0.6 is 11.8 Å². The van der Waals surface area contributed by atoms with E-state index in [9.17, 15) is 0 Å². The molecule has 0 N–H and O–H groups in total. The topological polar surface area (TPSA) is 0 Å². The third-order valence-electron chi connectivity index (χ3n) is 1.68. The molecule has 0 fully saturated rings. The SMILES string of the molecule is [3H]CCCCSCCCCCC. The van der Waals surface area contributed by atoms with Crippen molar-refractivity contribution in [2.24, 2.45) is 0 Å². The standard InChI is InChI=1S/C10H22S/c1-3-5-7-8-10-11-9-6-4-2/h3-10H2,1-2H3/i2T. The molecule has 0 aromatic carbocycles. The Bertz CT molecular complexity index is 66.2. The molecule has 0 heterocycles. The van der Waals surface area contributed by atoms with Gasteiger partial charge in [0, 0.05) is 1.37 Å². The highest BCUT2D eigenvalue weighted by Gasteiger charge is 1.88. The maximum atomic E-state index is 6.96. The molecule has 11 heavy (non-hydrogen) atoms. The van der Waals surface area contributed by atoms with E-state index in [-0.39, 0.29) is 0 Å². The summed E-state index contributed by atoms with van der Waals surface area (Å²) in [7, 11) is 0. The molecule has 0 aromatic rings. The van der Waals surface area contributed by atoms with Crippen molar-refractivity contribution in [2.45, 2.75) is 52.3 Å². The molecule has 0 spiro atoms. The summed E-state index contributed by atoms with van der Waals surface area (Å²) in [6.07, 6.45) is 7.85. The van der Waals surface area contributed by atoms with Crippen LogP contribution in [-0.2, 0) is 0 Å². The van der Waals surface area contributed by atoms with E-state index in [1.807, 2.05) is 0 Å². The third kappa shape index (κ3) is 10.4. The summed E-state index contributed by atoms with van der Waals surface area (Å²) in [5, 5.41) is 0. The predicted molar refractivity (Wildman–Crippen MR) is 56.4 cm³/mol. The van der Waals surface area contributed by atoms with Crippen LogP contribution in [0.15, 0.2) is 0 Å².